The van der Waals surface area contributed by atoms with E-state index in [0.29, 0.717) is 11.4 Å². The molecule has 7 nitrogen and oxygen atoms in total. The second-order valence-corrected chi connectivity index (χ2v) is 4.77. The van der Waals surface area contributed by atoms with Gasteiger partial charge >= 0.3 is 0 Å². The van der Waals surface area contributed by atoms with Crippen LogP contribution in [-0.4, -0.2) is 29.1 Å². The fourth-order valence-corrected chi connectivity index (χ4v) is 2.05. The number of rotatable bonds is 6. The average Bonchev–Trinajstić information content (AvgIpc) is 2.99. The normalized spacial score (nSPS) is 11.5. The van der Waals surface area contributed by atoms with Crippen LogP contribution in [0.1, 0.15) is 24.9 Å². The number of methoxy groups -OCH3 is 1. The summed E-state index contributed by atoms with van der Waals surface area (Å²) in [6.45, 7) is 1.42. The lowest BCUT2D eigenvalue weighted by atomic mass is 10.0. The van der Waals surface area contributed by atoms with Crippen molar-refractivity contribution in [3.8, 4) is 5.75 Å². The molecule has 1 atom stereocenters. The van der Waals surface area contributed by atoms with Gasteiger partial charge in [0.05, 0.1) is 31.5 Å². The first-order valence-electron chi connectivity index (χ1n) is 6.78. The summed E-state index contributed by atoms with van der Waals surface area (Å²) in [6, 6.07) is 6.82. The van der Waals surface area contributed by atoms with Gasteiger partial charge in [-0.25, -0.2) is 0 Å². The highest BCUT2D eigenvalue weighted by atomic mass is 16.5. The van der Waals surface area contributed by atoms with E-state index in [2.05, 4.69) is 20.8 Å². The number of aromatic nitrogens is 2. The number of nitrogens with one attached hydrogen (secondary N) is 3. The van der Waals surface area contributed by atoms with Crippen LogP contribution in [0.25, 0.3) is 0 Å². The van der Waals surface area contributed by atoms with Crippen molar-refractivity contribution in [1.82, 2.24) is 15.5 Å². The lowest BCUT2D eigenvalue weighted by Crippen LogP contribution is -2.29. The zero-order chi connectivity index (χ0) is 15.9. The summed E-state index contributed by atoms with van der Waals surface area (Å²) in [5.74, 6) is 0.307. The quantitative estimate of drug-likeness (QED) is 0.755. The van der Waals surface area contributed by atoms with Crippen molar-refractivity contribution >= 4 is 17.5 Å². The number of hydrogen-bond donors (Lipinski definition) is 3. The van der Waals surface area contributed by atoms with Crippen LogP contribution in [0, 0.1) is 0 Å². The number of H-pyrrole nitrogens is 1. The SMILES string of the molecule is COc1ccc([C@H](CC(=O)Nc2cn[nH]c2)NC(C)=O)cc1. The second kappa shape index (κ2) is 7.26. The van der Waals surface area contributed by atoms with E-state index in [0.717, 1.165) is 5.56 Å². The van der Waals surface area contributed by atoms with Crippen molar-refractivity contribution < 1.29 is 14.3 Å². The molecule has 1 aromatic heterocycles. The van der Waals surface area contributed by atoms with Crippen molar-refractivity contribution in [2.24, 2.45) is 0 Å². The number of hydrogen-bond acceptors (Lipinski definition) is 4. The van der Waals surface area contributed by atoms with Crippen LogP contribution in [0.2, 0.25) is 0 Å². The number of carbonyl (C=O) groups excluding carboxylic acids is 2. The molecule has 2 amide bonds. The minimum atomic E-state index is -0.407. The zero-order valence-corrected chi connectivity index (χ0v) is 12.4. The van der Waals surface area contributed by atoms with E-state index in [1.54, 1.807) is 25.4 Å². The molecule has 22 heavy (non-hydrogen) atoms. The molecule has 1 heterocycles. The summed E-state index contributed by atoms with van der Waals surface area (Å²) in [7, 11) is 1.58. The van der Waals surface area contributed by atoms with Gasteiger partial charge in [0, 0.05) is 13.1 Å². The molecule has 0 aliphatic carbocycles. The average molecular weight is 302 g/mol. The number of benzene rings is 1. The predicted molar refractivity (Wildman–Crippen MR) is 81.4 cm³/mol. The first kappa shape index (κ1) is 15.6. The van der Waals surface area contributed by atoms with Crippen molar-refractivity contribution in [2.45, 2.75) is 19.4 Å². The summed E-state index contributed by atoms with van der Waals surface area (Å²) in [5.41, 5.74) is 1.42. The molecule has 0 spiro atoms. The van der Waals surface area contributed by atoms with Gasteiger partial charge in [-0.05, 0) is 17.7 Å². The molecule has 0 aliphatic rings. The predicted octanol–water partition coefficient (Wildman–Crippen LogP) is 1.62. The summed E-state index contributed by atoms with van der Waals surface area (Å²) in [5, 5.41) is 11.9. The highest BCUT2D eigenvalue weighted by molar-refractivity contribution is 5.91. The molecule has 0 saturated carbocycles. The largest absolute Gasteiger partial charge is 0.497 e. The van der Waals surface area contributed by atoms with Gasteiger partial charge in [0.1, 0.15) is 5.75 Å². The third kappa shape index (κ3) is 4.34. The van der Waals surface area contributed by atoms with E-state index >= 15 is 0 Å². The minimum absolute atomic E-state index is 0.122. The molecule has 116 valence electrons. The molecule has 2 aromatic rings. The van der Waals surface area contributed by atoms with E-state index in [-0.39, 0.29) is 18.2 Å². The third-order valence-electron chi connectivity index (χ3n) is 3.07. The van der Waals surface area contributed by atoms with Crippen LogP contribution in [0.3, 0.4) is 0 Å². The fourth-order valence-electron chi connectivity index (χ4n) is 2.05. The van der Waals surface area contributed by atoms with Gasteiger partial charge in [-0.15, -0.1) is 0 Å². The first-order chi connectivity index (χ1) is 10.6. The Morgan fingerprint density at radius 2 is 2.05 bits per heavy atom. The van der Waals surface area contributed by atoms with E-state index < -0.39 is 6.04 Å². The Balaban J connectivity index is 2.07. The number of ether oxygens (including phenoxy) is 1. The molecule has 1 aromatic carbocycles. The highest BCUT2D eigenvalue weighted by Gasteiger charge is 2.17. The molecule has 7 heteroatoms. The van der Waals surface area contributed by atoms with Crippen LogP contribution in [0.4, 0.5) is 5.69 Å². The van der Waals surface area contributed by atoms with Crippen molar-refractivity contribution in [1.29, 1.82) is 0 Å². The molecule has 0 bridgehead atoms. The van der Waals surface area contributed by atoms with E-state index in [1.165, 1.54) is 13.1 Å². The smallest absolute Gasteiger partial charge is 0.226 e. The second-order valence-electron chi connectivity index (χ2n) is 4.77. The molecular weight excluding hydrogens is 284 g/mol. The molecule has 3 N–H and O–H groups in total. The Kier molecular flexibility index (Phi) is 5.13. The van der Waals surface area contributed by atoms with Gasteiger partial charge < -0.3 is 15.4 Å². The maximum atomic E-state index is 12.1. The van der Waals surface area contributed by atoms with Crippen molar-refractivity contribution in [2.75, 3.05) is 12.4 Å². The van der Waals surface area contributed by atoms with Crippen molar-refractivity contribution in [3.63, 3.8) is 0 Å². The maximum Gasteiger partial charge on any atom is 0.226 e. The Hall–Kier alpha value is -2.83. The van der Waals surface area contributed by atoms with Gasteiger partial charge in [-0.3, -0.25) is 14.7 Å². The van der Waals surface area contributed by atoms with Gasteiger partial charge in [-0.2, -0.15) is 5.10 Å². The first-order valence-corrected chi connectivity index (χ1v) is 6.78. The van der Waals surface area contributed by atoms with Gasteiger partial charge in [0.15, 0.2) is 0 Å². The molecular formula is C15H18N4O3. The molecule has 0 unspecified atom stereocenters. The Labute approximate surface area is 128 Å². The lowest BCUT2D eigenvalue weighted by Gasteiger charge is -2.18. The van der Waals surface area contributed by atoms with Gasteiger partial charge in [-0.1, -0.05) is 12.1 Å². The summed E-state index contributed by atoms with van der Waals surface area (Å²) >= 11 is 0. The summed E-state index contributed by atoms with van der Waals surface area (Å²) in [4.78, 5) is 23.4. The van der Waals surface area contributed by atoms with E-state index in [9.17, 15) is 9.59 Å². The number of carbonyl (C=O) groups is 2. The van der Waals surface area contributed by atoms with Crippen LogP contribution >= 0.6 is 0 Å². The number of aromatic amines is 1. The van der Waals surface area contributed by atoms with E-state index in [4.69, 9.17) is 4.74 Å². The monoisotopic (exact) mass is 302 g/mol. The molecule has 2 rings (SSSR count). The Morgan fingerprint density at radius 3 is 2.59 bits per heavy atom. The maximum absolute atomic E-state index is 12.1. The fraction of sp³-hybridized carbons (Fsp3) is 0.267. The lowest BCUT2D eigenvalue weighted by molar-refractivity contribution is -0.120. The van der Waals surface area contributed by atoms with Crippen LogP contribution in [-0.2, 0) is 9.59 Å². The molecule has 0 aliphatic heterocycles. The number of nitrogens with zero attached hydrogens (tertiary/aromatic N) is 1. The number of amides is 2. The van der Waals surface area contributed by atoms with Gasteiger partial charge in [0.2, 0.25) is 11.8 Å². The zero-order valence-electron chi connectivity index (χ0n) is 12.4. The van der Waals surface area contributed by atoms with Gasteiger partial charge in [0.25, 0.3) is 0 Å². The summed E-state index contributed by atoms with van der Waals surface area (Å²) < 4.78 is 5.10. The molecule has 0 saturated heterocycles. The van der Waals surface area contributed by atoms with Crippen molar-refractivity contribution in [3.05, 3.63) is 42.2 Å². The Morgan fingerprint density at radius 1 is 1.32 bits per heavy atom. The highest BCUT2D eigenvalue weighted by Crippen LogP contribution is 2.21. The third-order valence-corrected chi connectivity index (χ3v) is 3.07. The topological polar surface area (TPSA) is 96.1 Å². The number of anilines is 1. The van der Waals surface area contributed by atoms with Crippen LogP contribution in [0.5, 0.6) is 5.75 Å². The summed E-state index contributed by atoms with van der Waals surface area (Å²) in [6.07, 6.45) is 3.22. The van der Waals surface area contributed by atoms with E-state index in [1.807, 2.05) is 12.1 Å². The van der Waals surface area contributed by atoms with Crippen LogP contribution in [0.15, 0.2) is 36.7 Å². The standard InChI is InChI=1S/C15H18N4O3/c1-10(20)18-14(11-3-5-13(22-2)6-4-11)7-15(21)19-12-8-16-17-9-12/h3-6,8-9,14H,7H2,1-2H3,(H,16,17)(H,18,20)(H,19,21)/t14-/m0/s1. The molecule has 0 radical (unpaired) electrons. The van der Waals surface area contributed by atoms with Crippen LogP contribution < -0.4 is 15.4 Å². The minimum Gasteiger partial charge on any atom is -0.497 e. The molecule has 0 fully saturated rings. The Bertz CT molecular complexity index is 623.